The summed E-state index contributed by atoms with van der Waals surface area (Å²) in [5, 5.41) is 3.82. The molecule has 17 heavy (non-hydrogen) atoms. The summed E-state index contributed by atoms with van der Waals surface area (Å²) >= 11 is 0. The second-order valence-corrected chi connectivity index (χ2v) is 3.69. The Kier molecular flexibility index (Phi) is 5.20. The third-order valence-electron chi connectivity index (χ3n) is 2.46. The highest BCUT2D eigenvalue weighted by Gasteiger charge is 2.00. The zero-order chi connectivity index (χ0) is 12.7. The van der Waals surface area contributed by atoms with Crippen molar-refractivity contribution in [1.82, 2.24) is 5.43 Å². The van der Waals surface area contributed by atoms with Gasteiger partial charge in [0.15, 0.2) is 0 Å². The molecule has 0 spiro atoms. The summed E-state index contributed by atoms with van der Waals surface area (Å²) in [4.78, 5) is 12.9. The van der Waals surface area contributed by atoms with Crippen molar-refractivity contribution >= 4 is 17.8 Å². The molecule has 0 unspecified atom stereocenters. The third-order valence-corrected chi connectivity index (χ3v) is 2.46. The number of carbonyl (C=O) groups excluding carboxylic acids is 1. The molecule has 4 heteroatoms. The first kappa shape index (κ1) is 13.2. The fourth-order valence-electron chi connectivity index (χ4n) is 1.56. The molecular weight excluding hydrogens is 214 g/mol. The number of hydrogen-bond donors (Lipinski definition) is 1. The molecule has 0 aromatic heterocycles. The summed E-state index contributed by atoms with van der Waals surface area (Å²) in [5.41, 5.74) is 4.54. The van der Waals surface area contributed by atoms with Crippen LogP contribution in [-0.2, 0) is 4.79 Å². The van der Waals surface area contributed by atoms with E-state index in [0.29, 0.717) is 0 Å². The number of anilines is 1. The molecule has 92 valence electrons. The Bertz CT molecular complexity index is 380. The highest BCUT2D eigenvalue weighted by atomic mass is 16.2. The number of carbonyl (C=O) groups is 1. The van der Waals surface area contributed by atoms with Gasteiger partial charge in [-0.1, -0.05) is 12.1 Å². The van der Waals surface area contributed by atoms with Gasteiger partial charge in [0.1, 0.15) is 0 Å². The Balaban J connectivity index is 2.67. The molecule has 1 N–H and O–H groups in total. The molecule has 1 aromatic rings. The predicted octanol–water partition coefficient (Wildman–Crippen LogP) is 2.00. The summed E-state index contributed by atoms with van der Waals surface area (Å²) in [5.74, 6) is -0.166. The van der Waals surface area contributed by atoms with Crippen LogP contribution in [0.15, 0.2) is 29.4 Å². The zero-order valence-electron chi connectivity index (χ0n) is 10.6. The molecule has 1 aromatic carbocycles. The Morgan fingerprint density at radius 2 is 1.88 bits per heavy atom. The van der Waals surface area contributed by atoms with E-state index in [-0.39, 0.29) is 5.91 Å². The molecule has 0 saturated carbocycles. The summed E-state index contributed by atoms with van der Waals surface area (Å²) in [6, 6.07) is 8.09. The SMILES string of the molecule is CCN(CC)c1ccc(C=NNC(C)=O)cc1. The van der Waals surface area contributed by atoms with Crippen LogP contribution in [0.3, 0.4) is 0 Å². The van der Waals surface area contributed by atoms with Crippen molar-refractivity contribution in [3.8, 4) is 0 Å². The molecule has 0 aliphatic rings. The molecule has 1 rings (SSSR count). The molecule has 1 amide bonds. The number of rotatable bonds is 5. The fourth-order valence-corrected chi connectivity index (χ4v) is 1.56. The first-order valence-corrected chi connectivity index (χ1v) is 5.82. The van der Waals surface area contributed by atoms with Crippen LogP contribution in [0, 0.1) is 0 Å². The number of hydrogen-bond acceptors (Lipinski definition) is 3. The van der Waals surface area contributed by atoms with Gasteiger partial charge in [-0.3, -0.25) is 4.79 Å². The van der Waals surface area contributed by atoms with Crippen LogP contribution in [0.2, 0.25) is 0 Å². The third kappa shape index (κ3) is 4.26. The van der Waals surface area contributed by atoms with E-state index in [2.05, 4.69) is 41.4 Å². The van der Waals surface area contributed by atoms with E-state index in [1.807, 2.05) is 12.1 Å². The van der Waals surface area contributed by atoms with E-state index in [1.165, 1.54) is 12.6 Å². The van der Waals surface area contributed by atoms with Gasteiger partial charge in [-0.25, -0.2) is 5.43 Å². The van der Waals surface area contributed by atoms with Crippen molar-refractivity contribution in [3.63, 3.8) is 0 Å². The van der Waals surface area contributed by atoms with Gasteiger partial charge in [-0.15, -0.1) is 0 Å². The predicted molar refractivity (Wildman–Crippen MR) is 71.4 cm³/mol. The molecule has 0 radical (unpaired) electrons. The average Bonchev–Trinajstić information content (AvgIpc) is 2.32. The van der Waals surface area contributed by atoms with E-state index in [0.717, 1.165) is 18.7 Å². The van der Waals surface area contributed by atoms with Crippen LogP contribution in [0.25, 0.3) is 0 Å². The second kappa shape index (κ2) is 6.68. The lowest BCUT2D eigenvalue weighted by atomic mass is 10.2. The number of nitrogens with zero attached hydrogens (tertiary/aromatic N) is 2. The smallest absolute Gasteiger partial charge is 0.236 e. The van der Waals surface area contributed by atoms with Gasteiger partial charge in [-0.05, 0) is 31.5 Å². The molecule has 0 atom stereocenters. The van der Waals surface area contributed by atoms with Gasteiger partial charge in [0, 0.05) is 25.7 Å². The lowest BCUT2D eigenvalue weighted by Gasteiger charge is -2.20. The normalized spacial score (nSPS) is 10.5. The largest absolute Gasteiger partial charge is 0.372 e. The lowest BCUT2D eigenvalue weighted by Crippen LogP contribution is -2.21. The molecule has 0 heterocycles. The number of benzene rings is 1. The molecule has 0 aliphatic heterocycles. The number of amides is 1. The number of hydrazone groups is 1. The highest BCUT2D eigenvalue weighted by Crippen LogP contribution is 2.13. The van der Waals surface area contributed by atoms with Gasteiger partial charge in [0.2, 0.25) is 5.91 Å². The van der Waals surface area contributed by atoms with E-state index in [1.54, 1.807) is 6.21 Å². The fraction of sp³-hybridized carbons (Fsp3) is 0.385. The molecule has 0 aliphatic carbocycles. The Hall–Kier alpha value is -1.84. The minimum Gasteiger partial charge on any atom is -0.372 e. The summed E-state index contributed by atoms with van der Waals surface area (Å²) < 4.78 is 0. The topological polar surface area (TPSA) is 44.7 Å². The van der Waals surface area contributed by atoms with Gasteiger partial charge >= 0.3 is 0 Å². The molecule has 4 nitrogen and oxygen atoms in total. The van der Waals surface area contributed by atoms with Gasteiger partial charge in [-0.2, -0.15) is 5.10 Å². The van der Waals surface area contributed by atoms with Gasteiger partial charge < -0.3 is 4.90 Å². The van der Waals surface area contributed by atoms with E-state index in [4.69, 9.17) is 0 Å². The van der Waals surface area contributed by atoms with Crippen molar-refractivity contribution in [1.29, 1.82) is 0 Å². The van der Waals surface area contributed by atoms with Crippen LogP contribution < -0.4 is 10.3 Å². The zero-order valence-corrected chi connectivity index (χ0v) is 10.6. The van der Waals surface area contributed by atoms with Crippen LogP contribution in [0.4, 0.5) is 5.69 Å². The Morgan fingerprint density at radius 3 is 2.35 bits per heavy atom. The van der Waals surface area contributed by atoms with Gasteiger partial charge in [0.25, 0.3) is 0 Å². The lowest BCUT2D eigenvalue weighted by molar-refractivity contribution is -0.118. The van der Waals surface area contributed by atoms with Crippen molar-refractivity contribution in [3.05, 3.63) is 29.8 Å². The summed E-state index contributed by atoms with van der Waals surface area (Å²) in [7, 11) is 0. The first-order valence-electron chi connectivity index (χ1n) is 5.82. The van der Waals surface area contributed by atoms with Crippen LogP contribution in [0.5, 0.6) is 0 Å². The molecular formula is C13H19N3O. The minimum absolute atomic E-state index is 0.166. The molecule has 0 saturated heterocycles. The maximum Gasteiger partial charge on any atom is 0.236 e. The standard InChI is InChI=1S/C13H19N3O/c1-4-16(5-2)13-8-6-12(7-9-13)10-14-15-11(3)17/h6-10H,4-5H2,1-3H3,(H,15,17). The molecule has 0 fully saturated rings. The van der Waals surface area contributed by atoms with Crippen molar-refractivity contribution in [2.24, 2.45) is 5.10 Å². The maximum atomic E-state index is 10.6. The summed E-state index contributed by atoms with van der Waals surface area (Å²) in [6.45, 7) is 7.69. The Labute approximate surface area is 102 Å². The second-order valence-electron chi connectivity index (χ2n) is 3.69. The van der Waals surface area contributed by atoms with Crippen LogP contribution in [0.1, 0.15) is 26.3 Å². The monoisotopic (exact) mass is 233 g/mol. The van der Waals surface area contributed by atoms with Crippen molar-refractivity contribution < 1.29 is 4.79 Å². The Morgan fingerprint density at radius 1 is 1.29 bits per heavy atom. The van der Waals surface area contributed by atoms with E-state index in [9.17, 15) is 4.79 Å². The molecule has 0 bridgehead atoms. The van der Waals surface area contributed by atoms with E-state index < -0.39 is 0 Å². The maximum absolute atomic E-state index is 10.6. The van der Waals surface area contributed by atoms with Crippen LogP contribution in [-0.4, -0.2) is 25.2 Å². The van der Waals surface area contributed by atoms with E-state index >= 15 is 0 Å². The first-order chi connectivity index (χ1) is 8.17. The minimum atomic E-state index is -0.166. The number of nitrogens with one attached hydrogen (secondary N) is 1. The summed E-state index contributed by atoms with van der Waals surface area (Å²) in [6.07, 6.45) is 1.63. The van der Waals surface area contributed by atoms with Crippen molar-refractivity contribution in [2.45, 2.75) is 20.8 Å². The van der Waals surface area contributed by atoms with Crippen LogP contribution >= 0.6 is 0 Å². The van der Waals surface area contributed by atoms with Crippen molar-refractivity contribution in [2.75, 3.05) is 18.0 Å². The quantitative estimate of drug-likeness (QED) is 0.624. The average molecular weight is 233 g/mol. The van der Waals surface area contributed by atoms with Gasteiger partial charge in [0.05, 0.1) is 6.21 Å². The highest BCUT2D eigenvalue weighted by molar-refractivity contribution is 5.82.